The molecule has 0 atom stereocenters. The Balaban J connectivity index is 2.04. The number of nitrogens with zero attached hydrogens (tertiary/aromatic N) is 4. The van der Waals surface area contributed by atoms with Crippen LogP contribution in [0.25, 0.3) is 5.65 Å². The van der Waals surface area contributed by atoms with Gasteiger partial charge in [0.25, 0.3) is 11.6 Å². The lowest BCUT2D eigenvalue weighted by Crippen LogP contribution is -2.20. The topological polar surface area (TPSA) is 112 Å². The second kappa shape index (κ2) is 7.52. The van der Waals surface area contributed by atoms with E-state index in [1.54, 1.807) is 20.8 Å². The molecule has 0 aliphatic carbocycles. The molecule has 12 heteroatoms. The molecule has 0 radical (unpaired) electrons. The molecule has 2 heterocycles. The second-order valence-electron chi connectivity index (χ2n) is 7.67. The number of hydrogen-bond donors (Lipinski definition) is 1. The number of carbonyl (C=O) groups is 1. The van der Waals surface area contributed by atoms with E-state index in [-0.39, 0.29) is 34.2 Å². The zero-order chi connectivity index (χ0) is 23.1. The van der Waals surface area contributed by atoms with Gasteiger partial charge in [0.15, 0.2) is 11.3 Å². The molecule has 1 N–H and O–H groups in total. The Bertz CT molecular complexity index is 1180. The van der Waals surface area contributed by atoms with E-state index in [2.05, 4.69) is 15.4 Å². The molecule has 0 aliphatic rings. The Kier molecular flexibility index (Phi) is 5.34. The highest BCUT2D eigenvalue weighted by Crippen LogP contribution is 2.33. The number of fused-ring (bicyclic) bond motifs is 1. The van der Waals surface area contributed by atoms with Crippen molar-refractivity contribution >= 4 is 22.9 Å². The molecule has 0 fully saturated rings. The largest absolute Gasteiger partial charge is 0.494 e. The number of non-ortho nitro benzene ring substituents is 1. The SMILES string of the molecule is COc1cc([N+](=O)[O-])ccc1NC(=O)c1cc2nc(C(C)(C)C)cc(C(F)(F)F)n2n1. The van der Waals surface area contributed by atoms with E-state index in [1.807, 2.05) is 0 Å². The van der Waals surface area contributed by atoms with Crippen LogP contribution < -0.4 is 10.1 Å². The molecule has 0 saturated carbocycles. The van der Waals surface area contributed by atoms with Crippen molar-refractivity contribution in [3.05, 3.63) is 57.5 Å². The summed E-state index contributed by atoms with van der Waals surface area (Å²) in [4.78, 5) is 27.1. The molecular weight excluding hydrogens is 419 g/mol. The number of anilines is 1. The number of hydrogen-bond acceptors (Lipinski definition) is 6. The lowest BCUT2D eigenvalue weighted by Gasteiger charge is -2.19. The molecule has 3 rings (SSSR count). The number of amides is 1. The summed E-state index contributed by atoms with van der Waals surface area (Å²) < 4.78 is 46.4. The van der Waals surface area contributed by atoms with E-state index in [1.165, 1.54) is 13.2 Å². The highest BCUT2D eigenvalue weighted by Gasteiger charge is 2.36. The van der Waals surface area contributed by atoms with Crippen LogP contribution in [0.15, 0.2) is 30.3 Å². The number of halogens is 3. The molecule has 1 amide bonds. The minimum atomic E-state index is -4.72. The number of nitrogens with one attached hydrogen (secondary N) is 1. The quantitative estimate of drug-likeness (QED) is 0.483. The number of rotatable bonds is 4. The average Bonchev–Trinajstić information content (AvgIpc) is 3.10. The molecule has 0 saturated heterocycles. The molecule has 1 aromatic carbocycles. The van der Waals surface area contributed by atoms with Crippen molar-refractivity contribution in [1.29, 1.82) is 0 Å². The minimum absolute atomic E-state index is 0.00967. The van der Waals surface area contributed by atoms with Gasteiger partial charge in [-0.25, -0.2) is 9.50 Å². The molecule has 164 valence electrons. The average molecular weight is 437 g/mol. The highest BCUT2D eigenvalue weighted by atomic mass is 19.4. The Morgan fingerprint density at radius 3 is 2.42 bits per heavy atom. The van der Waals surface area contributed by atoms with Crippen LogP contribution >= 0.6 is 0 Å². The van der Waals surface area contributed by atoms with Gasteiger partial charge in [-0.3, -0.25) is 14.9 Å². The monoisotopic (exact) mass is 437 g/mol. The Hall–Kier alpha value is -3.70. The van der Waals surface area contributed by atoms with E-state index in [0.717, 1.165) is 24.3 Å². The number of alkyl halides is 3. The Morgan fingerprint density at radius 2 is 1.87 bits per heavy atom. The molecule has 2 aromatic heterocycles. The summed E-state index contributed by atoms with van der Waals surface area (Å²) >= 11 is 0. The third-order valence-electron chi connectivity index (χ3n) is 4.36. The van der Waals surface area contributed by atoms with Gasteiger partial charge in [-0.05, 0) is 12.1 Å². The summed E-state index contributed by atoms with van der Waals surface area (Å²) in [7, 11) is 1.26. The van der Waals surface area contributed by atoms with Crippen molar-refractivity contribution in [3.63, 3.8) is 0 Å². The molecule has 0 aliphatic heterocycles. The van der Waals surface area contributed by atoms with Crippen molar-refractivity contribution in [1.82, 2.24) is 14.6 Å². The minimum Gasteiger partial charge on any atom is -0.494 e. The maximum atomic E-state index is 13.6. The highest BCUT2D eigenvalue weighted by molar-refractivity contribution is 6.04. The summed E-state index contributed by atoms with van der Waals surface area (Å²) in [5.74, 6) is -0.821. The first-order valence-electron chi connectivity index (χ1n) is 8.93. The van der Waals surface area contributed by atoms with Crippen molar-refractivity contribution in [2.45, 2.75) is 32.4 Å². The third kappa shape index (κ3) is 4.42. The van der Waals surface area contributed by atoms with Crippen LogP contribution in [-0.2, 0) is 11.6 Å². The zero-order valence-electron chi connectivity index (χ0n) is 16.9. The van der Waals surface area contributed by atoms with Crippen molar-refractivity contribution in [3.8, 4) is 5.75 Å². The fourth-order valence-electron chi connectivity index (χ4n) is 2.75. The van der Waals surface area contributed by atoms with Crippen molar-refractivity contribution in [2.24, 2.45) is 0 Å². The van der Waals surface area contributed by atoms with Gasteiger partial charge in [0.2, 0.25) is 0 Å². The lowest BCUT2D eigenvalue weighted by atomic mass is 9.91. The zero-order valence-corrected chi connectivity index (χ0v) is 16.9. The van der Waals surface area contributed by atoms with Crippen LogP contribution in [0.2, 0.25) is 0 Å². The van der Waals surface area contributed by atoms with E-state index in [9.17, 15) is 28.1 Å². The van der Waals surface area contributed by atoms with Gasteiger partial charge in [0, 0.05) is 17.5 Å². The van der Waals surface area contributed by atoms with E-state index < -0.39 is 28.1 Å². The third-order valence-corrected chi connectivity index (χ3v) is 4.36. The number of methoxy groups -OCH3 is 1. The summed E-state index contributed by atoms with van der Waals surface area (Å²) in [5.41, 5.74) is -2.15. The van der Waals surface area contributed by atoms with Crippen LogP contribution in [0, 0.1) is 10.1 Å². The number of carbonyl (C=O) groups excluding carboxylic acids is 1. The second-order valence-corrected chi connectivity index (χ2v) is 7.67. The maximum absolute atomic E-state index is 13.6. The van der Waals surface area contributed by atoms with Crippen molar-refractivity contribution < 1.29 is 27.6 Å². The molecule has 0 bridgehead atoms. The van der Waals surface area contributed by atoms with Gasteiger partial charge in [-0.15, -0.1) is 0 Å². The van der Waals surface area contributed by atoms with E-state index in [4.69, 9.17) is 4.74 Å². The Labute approximate surface area is 174 Å². The molecule has 31 heavy (non-hydrogen) atoms. The number of ether oxygens (including phenoxy) is 1. The first-order chi connectivity index (χ1) is 14.3. The van der Waals surface area contributed by atoms with Gasteiger partial charge in [-0.2, -0.15) is 18.3 Å². The summed E-state index contributed by atoms with van der Waals surface area (Å²) in [6.45, 7) is 5.16. The fraction of sp³-hybridized carbons (Fsp3) is 0.316. The summed E-state index contributed by atoms with van der Waals surface area (Å²) in [6.07, 6.45) is -4.72. The number of nitro groups is 1. The van der Waals surface area contributed by atoms with Crippen LogP contribution in [0.4, 0.5) is 24.5 Å². The predicted octanol–water partition coefficient (Wildman–Crippen LogP) is 4.21. The molecule has 3 aromatic rings. The molecular formula is C19H18F3N5O4. The number of aromatic nitrogens is 3. The maximum Gasteiger partial charge on any atom is 0.433 e. The van der Waals surface area contributed by atoms with Gasteiger partial charge >= 0.3 is 6.18 Å². The summed E-state index contributed by atoms with van der Waals surface area (Å²) in [6, 6.07) is 5.55. The standard InChI is InChI=1S/C19H18F3N5O4/c1-18(2,3)14-9-15(19(20,21)22)26-16(24-14)8-12(25-26)17(28)23-11-6-5-10(27(29)30)7-13(11)31-4/h5-9H,1-4H3,(H,23,28). The van der Waals surface area contributed by atoms with Gasteiger partial charge in [0.1, 0.15) is 11.4 Å². The van der Waals surface area contributed by atoms with Gasteiger partial charge < -0.3 is 10.1 Å². The van der Waals surface area contributed by atoms with E-state index in [0.29, 0.717) is 4.52 Å². The molecule has 0 unspecified atom stereocenters. The summed E-state index contributed by atoms with van der Waals surface area (Å²) in [5, 5.41) is 17.1. The van der Waals surface area contributed by atoms with Gasteiger partial charge in [0.05, 0.1) is 29.5 Å². The first-order valence-corrected chi connectivity index (χ1v) is 8.93. The number of benzene rings is 1. The fourth-order valence-corrected chi connectivity index (χ4v) is 2.75. The van der Waals surface area contributed by atoms with Crippen LogP contribution in [0.3, 0.4) is 0 Å². The number of nitro benzene ring substituents is 1. The smallest absolute Gasteiger partial charge is 0.433 e. The van der Waals surface area contributed by atoms with E-state index >= 15 is 0 Å². The first kappa shape index (κ1) is 22.0. The molecule has 9 nitrogen and oxygen atoms in total. The van der Waals surface area contributed by atoms with Gasteiger partial charge in [-0.1, -0.05) is 20.8 Å². The van der Waals surface area contributed by atoms with Crippen LogP contribution in [-0.4, -0.2) is 32.5 Å². The normalized spacial score (nSPS) is 12.1. The van der Waals surface area contributed by atoms with Crippen LogP contribution in [0.1, 0.15) is 42.6 Å². The Morgan fingerprint density at radius 1 is 1.19 bits per heavy atom. The molecule has 0 spiro atoms. The lowest BCUT2D eigenvalue weighted by molar-refractivity contribution is -0.384. The van der Waals surface area contributed by atoms with Crippen LogP contribution in [0.5, 0.6) is 5.75 Å². The predicted molar refractivity (Wildman–Crippen MR) is 104 cm³/mol. The van der Waals surface area contributed by atoms with Crippen molar-refractivity contribution in [2.75, 3.05) is 12.4 Å².